The lowest BCUT2D eigenvalue weighted by Crippen LogP contribution is -2.64. The molecule has 0 radical (unpaired) electrons. The van der Waals surface area contributed by atoms with E-state index < -0.39 is 136 Å². The molecule has 0 saturated carbocycles. The predicted molar refractivity (Wildman–Crippen MR) is 270 cm³/mol. The van der Waals surface area contributed by atoms with E-state index >= 15 is 0 Å². The van der Waals surface area contributed by atoms with Gasteiger partial charge in [-0.25, -0.2) is 0 Å². The summed E-state index contributed by atoms with van der Waals surface area (Å²) in [5.41, 5.74) is 0. The zero-order chi connectivity index (χ0) is 67.2. The van der Waals surface area contributed by atoms with Crippen LogP contribution >= 0.6 is 0 Å². The van der Waals surface area contributed by atoms with Gasteiger partial charge >= 0.3 is 0 Å². The van der Waals surface area contributed by atoms with E-state index in [1.54, 1.807) is 0 Å². The second kappa shape index (κ2) is 72.8. The highest BCUT2D eigenvalue weighted by molar-refractivity contribution is 4.93. The number of hydrogen-bond donors (Lipinski definition) is 38. The molecule has 41 heteroatoms. The van der Waals surface area contributed by atoms with Crippen molar-refractivity contribution in [3.63, 3.8) is 0 Å². The molecule has 38 N–H and O–H groups in total. The molecule has 2 aliphatic rings. The van der Waals surface area contributed by atoms with E-state index in [0.29, 0.717) is 0 Å². The first-order valence-corrected chi connectivity index (χ1v) is 24.2. The van der Waals surface area contributed by atoms with E-state index in [2.05, 4.69) is 0 Å². The van der Waals surface area contributed by atoms with Gasteiger partial charge in [-0.05, 0) is 0 Å². The summed E-state index contributed by atoms with van der Waals surface area (Å²) in [5, 5.41) is 317. The minimum Gasteiger partial charge on any atom is -0.394 e. The Balaban J connectivity index is -0.000000111. The molecule has 0 aliphatic carbocycles. The fourth-order valence-electron chi connectivity index (χ4n) is 3.15. The van der Waals surface area contributed by atoms with Crippen LogP contribution in [0, 0.1) is 0 Å². The molecule has 83 heavy (non-hydrogen) atoms. The second-order valence-electron chi connectivity index (χ2n) is 15.7. The minimum atomic E-state index is -1.74. The number of ether oxygens (including phenoxy) is 3. The van der Waals surface area contributed by atoms with Gasteiger partial charge in [-0.1, -0.05) is 0 Å². The average molecular weight is 1260 g/mol. The van der Waals surface area contributed by atoms with Crippen molar-refractivity contribution in [2.75, 3.05) is 145 Å². The van der Waals surface area contributed by atoms with E-state index in [-0.39, 0.29) is 132 Å². The van der Waals surface area contributed by atoms with Crippen LogP contribution in [0.15, 0.2) is 0 Å². The molecule has 2 heterocycles. The molecule has 0 aromatic carbocycles. The summed E-state index contributed by atoms with van der Waals surface area (Å²) >= 11 is 0. The maximum Gasteiger partial charge on any atom is 0.187 e. The van der Waals surface area contributed by atoms with Crippen LogP contribution in [-0.4, -0.2) is 462 Å². The summed E-state index contributed by atoms with van der Waals surface area (Å²) in [5.74, 6) is 0. The van der Waals surface area contributed by atoms with Gasteiger partial charge in [0, 0.05) is 0 Å². The van der Waals surface area contributed by atoms with Crippen LogP contribution in [0.25, 0.3) is 0 Å². The summed E-state index contributed by atoms with van der Waals surface area (Å²) in [6.45, 7) is -8.64. The molecule has 2 saturated heterocycles. The van der Waals surface area contributed by atoms with Gasteiger partial charge in [0.25, 0.3) is 0 Å². The third-order valence-electron chi connectivity index (χ3n) is 8.19. The minimum absolute atomic E-state index is 0.365. The van der Waals surface area contributed by atoms with Crippen molar-refractivity contribution in [3.8, 4) is 0 Å². The highest BCUT2D eigenvalue weighted by Gasteiger charge is 2.50. The van der Waals surface area contributed by atoms with Crippen LogP contribution in [0.5, 0.6) is 0 Å². The normalized spacial score (nSPS) is 21.5. The van der Waals surface area contributed by atoms with Crippen molar-refractivity contribution in [2.45, 2.75) is 122 Å². The van der Waals surface area contributed by atoms with E-state index in [4.69, 9.17) is 173 Å². The fourth-order valence-corrected chi connectivity index (χ4v) is 3.15. The Morgan fingerprint density at radius 3 is 0.578 bits per heavy atom. The van der Waals surface area contributed by atoms with Gasteiger partial charge in [-0.3, -0.25) is 0 Å². The van der Waals surface area contributed by atoms with Gasteiger partial charge in [0.2, 0.25) is 0 Å². The summed E-state index contributed by atoms with van der Waals surface area (Å²) in [7, 11) is 0. The lowest BCUT2D eigenvalue weighted by Gasteiger charge is -2.45. The molecule has 0 amide bonds. The third kappa shape index (κ3) is 66.2. The Labute approximate surface area is 475 Å². The monoisotopic (exact) mass is 1260 g/mol. The molecule has 41 nitrogen and oxygen atoms in total. The molecular formula is C42H102O41. The van der Waals surface area contributed by atoms with Crippen LogP contribution in [-0.2, 0) is 14.2 Å². The number of aliphatic hydroxyl groups is 38. The average Bonchev–Trinajstić information content (AvgIpc) is 3.54. The van der Waals surface area contributed by atoms with Crippen LogP contribution in [0.3, 0.4) is 0 Å². The number of rotatable bonds is 24. The van der Waals surface area contributed by atoms with Crippen LogP contribution in [0.2, 0.25) is 0 Å². The topological polar surface area (TPSA) is 796 Å². The van der Waals surface area contributed by atoms with Gasteiger partial charge in [-0.2, -0.15) is 0 Å². The van der Waals surface area contributed by atoms with Gasteiger partial charge in [-0.15, -0.1) is 0 Å². The number of hydrogen-bond acceptors (Lipinski definition) is 41. The van der Waals surface area contributed by atoms with E-state index in [1.165, 1.54) is 0 Å². The Kier molecular flexibility index (Phi) is 88.1. The van der Waals surface area contributed by atoms with Gasteiger partial charge < -0.3 is 208 Å². The van der Waals surface area contributed by atoms with Gasteiger partial charge in [0.15, 0.2) is 12.6 Å². The maximum absolute atomic E-state index is 9.94. The Morgan fingerprint density at radius 1 is 0.229 bits per heavy atom. The molecule has 0 aromatic heterocycles. The van der Waals surface area contributed by atoms with Crippen LogP contribution < -0.4 is 0 Å². The smallest absolute Gasteiger partial charge is 0.187 e. The molecule has 2 rings (SSSR count). The number of aliphatic hydroxyl groups excluding tert-OH is 38. The lowest BCUT2D eigenvalue weighted by molar-refractivity contribution is -0.355. The first kappa shape index (κ1) is 100. The highest BCUT2D eigenvalue weighted by Crippen LogP contribution is 2.28. The third-order valence-corrected chi connectivity index (χ3v) is 8.19. The second-order valence-corrected chi connectivity index (χ2v) is 15.7. The van der Waals surface area contributed by atoms with Crippen molar-refractivity contribution in [1.29, 1.82) is 0 Å². The van der Waals surface area contributed by atoms with Crippen molar-refractivity contribution >= 4 is 0 Å². The van der Waals surface area contributed by atoms with Crippen molar-refractivity contribution < 1.29 is 208 Å². The SMILES string of the molecule is OCC(O)CO.OCC(O)CO.OCC(O)CO.OCC(O)CO.OCC(O)CO.OCC(O)CO.OCC(O)CO.OCC(O)CO.OCC(O)CO.OCC(O)CO.OC[C@H]1O[C@@H](O[C@H]2[C@H](O)[C@@H](O)[C@H](O)O[C@@H]2CO)[C@H](O)[C@@H](O)[C@H]1O. The van der Waals surface area contributed by atoms with Crippen molar-refractivity contribution in [1.82, 2.24) is 0 Å². The summed E-state index contributed by atoms with van der Waals surface area (Å²) in [6.07, 6.45) is -25.1. The van der Waals surface area contributed by atoms with E-state index in [9.17, 15) is 35.7 Å². The molecule has 2 fully saturated rings. The molecule has 0 unspecified atom stereocenters. The first-order valence-electron chi connectivity index (χ1n) is 24.2. The van der Waals surface area contributed by atoms with Crippen LogP contribution in [0.4, 0.5) is 0 Å². The largest absolute Gasteiger partial charge is 0.394 e. The Morgan fingerprint density at radius 2 is 0.422 bits per heavy atom. The molecule has 0 aromatic rings. The molecule has 10 atom stereocenters. The standard InChI is InChI=1S/C12H22O11.10C3H8O3/c13-1-3-5(15)6(16)9(19)12(22-3)23-10-4(2-14)21-11(20)8(18)7(10)17;10*4-1-3(6)2-5/h3-20H,1-2H2;10*3-6H,1-2H2/t3-,4-,5+,6+,7-,8-,9-,10-,11-,12+;;;;;;;;;;/m1........../s1. The van der Waals surface area contributed by atoms with Crippen molar-refractivity contribution in [2.24, 2.45) is 0 Å². The van der Waals surface area contributed by atoms with Gasteiger partial charge in [0.05, 0.1) is 145 Å². The highest BCUT2D eigenvalue weighted by atomic mass is 16.7. The maximum atomic E-state index is 9.94. The zero-order valence-electron chi connectivity index (χ0n) is 45.3. The summed E-state index contributed by atoms with van der Waals surface area (Å²) in [4.78, 5) is 0. The molecule has 0 bridgehead atoms. The van der Waals surface area contributed by atoms with Crippen LogP contribution in [0.1, 0.15) is 0 Å². The quantitative estimate of drug-likeness (QED) is 0.0427. The van der Waals surface area contributed by atoms with Gasteiger partial charge in [0.1, 0.15) is 110 Å². The summed E-state index contributed by atoms with van der Waals surface area (Å²) in [6, 6.07) is 0. The molecule has 2 aliphatic heterocycles. The lowest BCUT2D eigenvalue weighted by atomic mass is 9.97. The zero-order valence-corrected chi connectivity index (χ0v) is 45.3. The molecule has 0 spiro atoms. The molecule has 516 valence electrons. The summed E-state index contributed by atoms with van der Waals surface area (Å²) < 4.78 is 15.3. The van der Waals surface area contributed by atoms with E-state index in [1.807, 2.05) is 0 Å². The van der Waals surface area contributed by atoms with E-state index in [0.717, 1.165) is 0 Å². The fraction of sp³-hybridized carbons (Fsp3) is 1.00. The first-order chi connectivity index (χ1) is 38.9. The Hall–Kier alpha value is -1.64. The predicted octanol–water partition coefficient (Wildman–Crippen LogP) is -22.1. The molecular weight excluding hydrogens is 1160 g/mol. The Bertz CT molecular complexity index is 962. The van der Waals surface area contributed by atoms with Crippen molar-refractivity contribution in [3.05, 3.63) is 0 Å².